The highest BCUT2D eigenvalue weighted by molar-refractivity contribution is 6.17. The molecule has 2 aromatic rings. The minimum atomic E-state index is -3.09. The second-order valence-electron chi connectivity index (χ2n) is 14.6. The van der Waals surface area contributed by atoms with E-state index in [0.29, 0.717) is 30.8 Å². The number of carbonyl (C=O) groups excluding carboxylic acids is 3. The van der Waals surface area contributed by atoms with Crippen LogP contribution in [0.5, 0.6) is 0 Å². The number of fused-ring (bicyclic) bond motifs is 1. The number of carbonyl (C=O) groups is 3. The van der Waals surface area contributed by atoms with Gasteiger partial charge in [-0.05, 0) is 71.8 Å². The Balaban J connectivity index is 1.59. The normalized spacial score (nSPS) is 35.9. The van der Waals surface area contributed by atoms with Crippen molar-refractivity contribution in [2.45, 2.75) is 127 Å². The van der Waals surface area contributed by atoms with Gasteiger partial charge in [0.2, 0.25) is 0 Å². The molecule has 1 aromatic heterocycles. The van der Waals surface area contributed by atoms with Gasteiger partial charge in [-0.1, -0.05) is 31.2 Å². The number of unbranched alkanes of at least 4 members (excludes halogenated alkanes) is 1. The summed E-state index contributed by atoms with van der Waals surface area (Å²) >= 11 is 0. The second-order valence-corrected chi connectivity index (χ2v) is 14.6. The van der Waals surface area contributed by atoms with Gasteiger partial charge in [0.15, 0.2) is 11.4 Å². The summed E-state index contributed by atoms with van der Waals surface area (Å²) in [6.45, 7) is 10.9. The van der Waals surface area contributed by atoms with Gasteiger partial charge in [-0.25, -0.2) is 18.4 Å². The molecule has 9 atom stereocenters. The first-order valence-corrected chi connectivity index (χ1v) is 17.2. The number of alkyl halides is 2. The zero-order valence-electron chi connectivity index (χ0n) is 30.4. The first kappa shape index (κ1) is 39.2. The maximum Gasteiger partial charge on any atom is 0.410 e. The Morgan fingerprint density at radius 1 is 1.12 bits per heavy atom. The summed E-state index contributed by atoms with van der Waals surface area (Å²) in [6.07, 6.45) is 1.08. The predicted octanol–water partition coefficient (Wildman–Crippen LogP) is 4.61. The van der Waals surface area contributed by atoms with Crippen molar-refractivity contribution in [1.82, 2.24) is 25.2 Å². The summed E-state index contributed by atoms with van der Waals surface area (Å²) in [5.74, 6) is -4.93. The SMILES string of the molecule is [B][C@@H]1[C@@H](C)C(=O)[C@](C)(F)C(=O)O[C@H](CC)[C@@]2(C)OC(=O)N(CCCCn3cc(-c4cccc(N)c4)nn3)[C@@H]2[C@@H](C)NCC(C)(F)C[C@@]1(C)OC. The van der Waals surface area contributed by atoms with Gasteiger partial charge in [0.25, 0.3) is 5.67 Å². The standard InChI is InChI=1S/C35H51BF2N6O6/c1-9-26-35(7)28(44(31(47)50-35)16-11-10-15-43-18-25(41-42-43)23-13-12-14-24(39)17-23)22(3)40-20-32(4,37)19-33(5,48-8)27(36)21(2)29(45)34(6,38)30(46)49-26/h12-14,17-18,21-22,26-28,40H,9-11,15-16,19-20,39H2,1-8H3/t21-,22-,26-,27-,28-,32?,33-,34+,35-/m1/s1. The fraction of sp³-hybridized carbons (Fsp3) is 0.686. The summed E-state index contributed by atoms with van der Waals surface area (Å²) in [7, 11) is 7.78. The molecule has 2 fully saturated rings. The maximum atomic E-state index is 16.3. The molecule has 2 aliphatic rings. The molecule has 2 radical (unpaired) electrons. The number of rotatable bonds is 8. The number of methoxy groups -OCH3 is 1. The number of anilines is 1. The van der Waals surface area contributed by atoms with Crippen LogP contribution in [0.3, 0.4) is 0 Å². The summed E-state index contributed by atoms with van der Waals surface area (Å²) in [6, 6.07) is 5.99. The zero-order valence-corrected chi connectivity index (χ0v) is 30.4. The van der Waals surface area contributed by atoms with Crippen LogP contribution >= 0.6 is 0 Å². The number of Topliss-reactive ketones (excluding diaryl/α,β-unsaturated/α-hetero) is 1. The minimum absolute atomic E-state index is 0.135. The molecule has 50 heavy (non-hydrogen) atoms. The van der Waals surface area contributed by atoms with E-state index in [1.165, 1.54) is 21.0 Å². The lowest BCUT2D eigenvalue weighted by atomic mass is 9.62. The molecule has 3 heterocycles. The van der Waals surface area contributed by atoms with Gasteiger partial charge in [-0.15, -0.1) is 5.10 Å². The average Bonchev–Trinajstić information content (AvgIpc) is 3.64. The highest BCUT2D eigenvalue weighted by Crippen LogP contribution is 2.43. The molecule has 1 amide bonds. The summed E-state index contributed by atoms with van der Waals surface area (Å²) in [4.78, 5) is 42.0. The Bertz CT molecular complexity index is 1540. The van der Waals surface area contributed by atoms with Crippen molar-refractivity contribution in [1.29, 1.82) is 0 Å². The number of aromatic nitrogens is 3. The fourth-order valence-corrected chi connectivity index (χ4v) is 7.45. The van der Waals surface area contributed by atoms with Crippen LogP contribution in [0.25, 0.3) is 11.3 Å². The first-order chi connectivity index (χ1) is 23.3. The molecule has 1 aromatic carbocycles. The smallest absolute Gasteiger partial charge is 0.410 e. The lowest BCUT2D eigenvalue weighted by Gasteiger charge is -2.42. The second kappa shape index (κ2) is 14.9. The number of ether oxygens (including phenoxy) is 3. The van der Waals surface area contributed by atoms with Crippen LogP contribution in [-0.2, 0) is 30.3 Å². The number of nitrogens with two attached hydrogens (primary N) is 1. The van der Waals surface area contributed by atoms with Crippen molar-refractivity contribution < 1.29 is 37.4 Å². The lowest BCUT2D eigenvalue weighted by molar-refractivity contribution is -0.179. The number of halogens is 2. The van der Waals surface area contributed by atoms with Gasteiger partial charge in [0.1, 0.15) is 17.5 Å². The molecule has 1 unspecified atom stereocenters. The molecule has 0 saturated carbocycles. The number of ketones is 1. The number of nitrogens with one attached hydrogen (secondary N) is 1. The number of hydrogen-bond donors (Lipinski definition) is 2. The first-order valence-electron chi connectivity index (χ1n) is 17.2. The van der Waals surface area contributed by atoms with E-state index in [1.54, 1.807) is 43.3 Å². The molecule has 12 nitrogen and oxygen atoms in total. The van der Waals surface area contributed by atoms with E-state index in [2.05, 4.69) is 15.6 Å². The van der Waals surface area contributed by atoms with Crippen molar-refractivity contribution in [3.05, 3.63) is 30.5 Å². The molecule has 0 bridgehead atoms. The third kappa shape index (κ3) is 7.98. The number of hydrogen-bond acceptors (Lipinski definition) is 10. The molecule has 0 spiro atoms. The monoisotopic (exact) mass is 700 g/mol. The van der Waals surface area contributed by atoms with Crippen LogP contribution in [0, 0.1) is 5.92 Å². The average molecular weight is 701 g/mol. The van der Waals surface area contributed by atoms with E-state index in [1.807, 2.05) is 24.4 Å². The Kier molecular flexibility index (Phi) is 11.7. The number of aryl methyl sites for hydroxylation is 1. The van der Waals surface area contributed by atoms with Gasteiger partial charge < -0.3 is 25.3 Å². The van der Waals surface area contributed by atoms with Crippen molar-refractivity contribution >= 4 is 31.4 Å². The van der Waals surface area contributed by atoms with E-state index in [-0.39, 0.29) is 25.9 Å². The van der Waals surface area contributed by atoms with E-state index >= 15 is 8.78 Å². The lowest BCUT2D eigenvalue weighted by Crippen LogP contribution is -2.62. The van der Waals surface area contributed by atoms with Crippen LogP contribution in [0.4, 0.5) is 19.3 Å². The molecule has 3 N–H and O–H groups in total. The third-order valence-corrected chi connectivity index (χ3v) is 10.4. The van der Waals surface area contributed by atoms with Gasteiger partial charge >= 0.3 is 12.1 Å². The topological polar surface area (TPSA) is 151 Å². The van der Waals surface area contributed by atoms with E-state index in [4.69, 9.17) is 27.8 Å². The molecule has 4 rings (SSSR count). The predicted molar refractivity (Wildman–Crippen MR) is 185 cm³/mol. The molecule has 0 aliphatic carbocycles. The van der Waals surface area contributed by atoms with Crippen LogP contribution in [0.2, 0.25) is 5.82 Å². The van der Waals surface area contributed by atoms with E-state index in [0.717, 1.165) is 12.5 Å². The van der Waals surface area contributed by atoms with Crippen molar-refractivity contribution in [2.24, 2.45) is 5.92 Å². The Morgan fingerprint density at radius 2 is 1.80 bits per heavy atom. The fourth-order valence-electron chi connectivity index (χ4n) is 7.45. The number of nitrogen functional groups attached to an aromatic ring is 1. The van der Waals surface area contributed by atoms with Crippen LogP contribution in [0.15, 0.2) is 30.5 Å². The van der Waals surface area contributed by atoms with Crippen molar-refractivity contribution in [3.63, 3.8) is 0 Å². The van der Waals surface area contributed by atoms with Crippen molar-refractivity contribution in [3.8, 4) is 11.3 Å². The molecule has 2 aliphatic heterocycles. The number of cyclic esters (lactones) is 1. The minimum Gasteiger partial charge on any atom is -0.455 e. The van der Waals surface area contributed by atoms with Gasteiger partial charge in [-0.2, -0.15) is 0 Å². The van der Waals surface area contributed by atoms with Gasteiger partial charge in [0, 0.05) is 56.4 Å². The summed E-state index contributed by atoms with van der Waals surface area (Å²) in [5.41, 5.74) is 0.156. The number of benzene rings is 1. The number of esters is 1. The van der Waals surface area contributed by atoms with Crippen LogP contribution in [0.1, 0.15) is 74.1 Å². The molecule has 15 heteroatoms. The molecule has 274 valence electrons. The third-order valence-electron chi connectivity index (χ3n) is 10.4. The molecule has 2 saturated heterocycles. The summed E-state index contributed by atoms with van der Waals surface area (Å²) < 4.78 is 51.5. The van der Waals surface area contributed by atoms with E-state index < -0.39 is 70.3 Å². The highest BCUT2D eigenvalue weighted by Gasteiger charge is 2.60. The highest BCUT2D eigenvalue weighted by atomic mass is 19.1. The number of nitrogens with zero attached hydrogens (tertiary/aromatic N) is 4. The largest absolute Gasteiger partial charge is 0.455 e. The quantitative estimate of drug-likeness (QED) is 0.131. The molecular weight excluding hydrogens is 649 g/mol. The van der Waals surface area contributed by atoms with Gasteiger partial charge in [-0.3, -0.25) is 14.4 Å². The molecular formula is C35H51BF2N6O6. The Labute approximate surface area is 294 Å². The van der Waals surface area contributed by atoms with Crippen LogP contribution < -0.4 is 11.1 Å². The zero-order chi connectivity index (χ0) is 37.2. The Hall–Kier alpha value is -3.59. The summed E-state index contributed by atoms with van der Waals surface area (Å²) in [5, 5.41) is 11.7. The van der Waals surface area contributed by atoms with Gasteiger partial charge in [0.05, 0.1) is 25.7 Å². The number of amides is 1. The Morgan fingerprint density at radius 3 is 2.44 bits per heavy atom. The maximum absolute atomic E-state index is 16.3. The van der Waals surface area contributed by atoms with E-state index in [9.17, 15) is 14.4 Å². The van der Waals surface area contributed by atoms with Crippen LogP contribution in [-0.4, -0.2) is 107 Å². The van der Waals surface area contributed by atoms with Crippen molar-refractivity contribution in [2.75, 3.05) is 25.9 Å².